The third-order valence-corrected chi connectivity index (χ3v) is 3.28. The molecule has 0 aliphatic carbocycles. The molecule has 0 atom stereocenters. The summed E-state index contributed by atoms with van der Waals surface area (Å²) in [7, 11) is 1.56. The van der Waals surface area contributed by atoms with Crippen LogP contribution >= 0.6 is 0 Å². The molecule has 0 saturated carbocycles. The van der Waals surface area contributed by atoms with Crippen LogP contribution < -0.4 is 10.7 Å². The summed E-state index contributed by atoms with van der Waals surface area (Å²) in [5.41, 5.74) is 5.79. The van der Waals surface area contributed by atoms with Crippen molar-refractivity contribution in [1.82, 2.24) is 10.7 Å². The van der Waals surface area contributed by atoms with Gasteiger partial charge in [0.05, 0.1) is 6.21 Å². The molecule has 5 heteroatoms. The number of benzene rings is 2. The fraction of sp³-hybridized carbons (Fsp3) is 0.105. The highest BCUT2D eigenvalue weighted by Gasteiger charge is 2.04. The molecule has 0 bridgehead atoms. The minimum absolute atomic E-state index is 0.201. The minimum atomic E-state index is -0.312. The Hall–Kier alpha value is -3.21. The zero-order chi connectivity index (χ0) is 17.4. The lowest BCUT2D eigenvalue weighted by molar-refractivity contribution is -0.115. The lowest BCUT2D eigenvalue weighted by Crippen LogP contribution is -2.17. The van der Waals surface area contributed by atoms with Crippen LogP contribution in [0.3, 0.4) is 0 Å². The maximum absolute atomic E-state index is 12.1. The Labute approximate surface area is 141 Å². The second kappa shape index (κ2) is 8.43. The number of hydrazone groups is 1. The van der Waals surface area contributed by atoms with Crippen molar-refractivity contribution in [3.05, 3.63) is 76.9 Å². The van der Waals surface area contributed by atoms with Crippen LogP contribution in [0.4, 0.5) is 0 Å². The molecule has 0 unspecified atom stereocenters. The van der Waals surface area contributed by atoms with Crippen molar-refractivity contribution in [3.63, 3.8) is 0 Å². The predicted molar refractivity (Wildman–Crippen MR) is 95.8 cm³/mol. The molecule has 2 rings (SSSR count). The number of amides is 2. The number of carbonyl (C=O) groups is 2. The topological polar surface area (TPSA) is 70.6 Å². The molecule has 2 N–H and O–H groups in total. The van der Waals surface area contributed by atoms with Crippen molar-refractivity contribution < 1.29 is 9.59 Å². The molecule has 24 heavy (non-hydrogen) atoms. The smallest absolute Gasteiger partial charge is 0.271 e. The summed E-state index contributed by atoms with van der Waals surface area (Å²) < 4.78 is 0. The quantitative estimate of drug-likeness (QED) is 0.505. The van der Waals surface area contributed by atoms with E-state index in [0.717, 1.165) is 16.7 Å². The van der Waals surface area contributed by atoms with Crippen LogP contribution in [0.15, 0.2) is 59.7 Å². The van der Waals surface area contributed by atoms with E-state index in [1.54, 1.807) is 37.5 Å². The highest BCUT2D eigenvalue weighted by atomic mass is 16.2. The lowest BCUT2D eigenvalue weighted by atomic mass is 10.1. The molecule has 5 nitrogen and oxygen atoms in total. The van der Waals surface area contributed by atoms with Gasteiger partial charge >= 0.3 is 0 Å². The number of nitrogens with zero attached hydrogens (tertiary/aromatic N) is 1. The zero-order valence-electron chi connectivity index (χ0n) is 13.6. The summed E-state index contributed by atoms with van der Waals surface area (Å²) in [6.45, 7) is 2.01. The molecule has 2 aromatic carbocycles. The Kier molecular flexibility index (Phi) is 6.02. The lowest BCUT2D eigenvalue weighted by Gasteiger charge is -2.01. The molecule has 0 aliphatic heterocycles. The molecule has 2 aromatic rings. The van der Waals surface area contributed by atoms with Gasteiger partial charge in [-0.3, -0.25) is 9.59 Å². The molecule has 2 amide bonds. The molecular formula is C19H19N3O2. The number of hydrogen-bond donors (Lipinski definition) is 2. The van der Waals surface area contributed by atoms with Gasteiger partial charge in [0, 0.05) is 18.7 Å². The predicted octanol–water partition coefficient (Wildman–Crippen LogP) is 2.52. The van der Waals surface area contributed by atoms with Crippen LogP contribution in [0.5, 0.6) is 0 Å². The van der Waals surface area contributed by atoms with Gasteiger partial charge in [-0.05, 0) is 36.3 Å². The zero-order valence-corrected chi connectivity index (χ0v) is 13.6. The summed E-state index contributed by atoms with van der Waals surface area (Å²) in [4.78, 5) is 23.3. The number of hydrogen-bond acceptors (Lipinski definition) is 3. The molecule has 0 radical (unpaired) electrons. The average molecular weight is 321 g/mol. The van der Waals surface area contributed by atoms with Crippen molar-refractivity contribution >= 4 is 24.1 Å². The van der Waals surface area contributed by atoms with Crippen LogP contribution in [-0.2, 0) is 4.79 Å². The first kappa shape index (κ1) is 17.1. The summed E-state index contributed by atoms with van der Waals surface area (Å²) in [5.74, 6) is -0.513. The van der Waals surface area contributed by atoms with Crippen molar-refractivity contribution in [1.29, 1.82) is 0 Å². The molecule has 0 aromatic heterocycles. The highest BCUT2D eigenvalue weighted by molar-refractivity contribution is 5.96. The van der Waals surface area contributed by atoms with Crippen LogP contribution in [0.25, 0.3) is 6.08 Å². The van der Waals surface area contributed by atoms with E-state index in [0.29, 0.717) is 5.56 Å². The largest absolute Gasteiger partial charge is 0.356 e. The third kappa shape index (κ3) is 5.21. The van der Waals surface area contributed by atoms with Crippen LogP contribution in [0, 0.1) is 6.92 Å². The second-order valence-electron chi connectivity index (χ2n) is 5.18. The molecule has 0 saturated heterocycles. The molecule has 0 spiro atoms. The molecule has 0 aliphatic rings. The van der Waals surface area contributed by atoms with E-state index in [-0.39, 0.29) is 11.8 Å². The van der Waals surface area contributed by atoms with Gasteiger partial charge in [-0.2, -0.15) is 5.10 Å². The summed E-state index contributed by atoms with van der Waals surface area (Å²) in [6.07, 6.45) is 4.64. The van der Waals surface area contributed by atoms with E-state index in [2.05, 4.69) is 15.8 Å². The highest BCUT2D eigenvalue weighted by Crippen LogP contribution is 2.07. The van der Waals surface area contributed by atoms with E-state index < -0.39 is 0 Å². The normalized spacial score (nSPS) is 10.9. The Morgan fingerprint density at radius 3 is 2.50 bits per heavy atom. The van der Waals surface area contributed by atoms with E-state index in [1.165, 1.54) is 6.08 Å². The molecular weight excluding hydrogens is 302 g/mol. The Morgan fingerprint density at radius 1 is 1.04 bits per heavy atom. The van der Waals surface area contributed by atoms with E-state index >= 15 is 0 Å². The molecule has 122 valence electrons. The van der Waals surface area contributed by atoms with E-state index in [1.807, 2.05) is 37.3 Å². The monoisotopic (exact) mass is 321 g/mol. The van der Waals surface area contributed by atoms with Gasteiger partial charge in [0.25, 0.3) is 5.91 Å². The van der Waals surface area contributed by atoms with Crippen molar-refractivity contribution in [2.45, 2.75) is 6.92 Å². The van der Waals surface area contributed by atoms with Gasteiger partial charge in [-0.1, -0.05) is 42.0 Å². The van der Waals surface area contributed by atoms with Crippen molar-refractivity contribution in [3.8, 4) is 0 Å². The standard InChI is InChI=1S/C19H19N3O2/c1-14-6-8-16(9-7-14)13-21-22-19(24)17-5-3-4-15(12-17)10-11-18(23)20-2/h3-13H,1-2H3,(H,20,23)(H,22,24)/b11-10+,21-13+. The fourth-order valence-corrected chi connectivity index (χ4v) is 1.92. The van der Waals surface area contributed by atoms with Gasteiger partial charge in [-0.25, -0.2) is 5.43 Å². The van der Waals surface area contributed by atoms with Crippen LogP contribution in [-0.4, -0.2) is 25.1 Å². The molecule has 0 fully saturated rings. The first-order chi connectivity index (χ1) is 11.6. The fourth-order valence-electron chi connectivity index (χ4n) is 1.92. The van der Waals surface area contributed by atoms with Crippen molar-refractivity contribution in [2.24, 2.45) is 5.10 Å². The van der Waals surface area contributed by atoms with E-state index in [9.17, 15) is 9.59 Å². The van der Waals surface area contributed by atoms with Crippen LogP contribution in [0.2, 0.25) is 0 Å². The van der Waals surface area contributed by atoms with Gasteiger partial charge in [-0.15, -0.1) is 0 Å². The third-order valence-electron chi connectivity index (χ3n) is 3.28. The minimum Gasteiger partial charge on any atom is -0.356 e. The number of likely N-dealkylation sites (N-methyl/N-ethyl adjacent to an activating group) is 1. The van der Waals surface area contributed by atoms with Crippen LogP contribution in [0.1, 0.15) is 27.0 Å². The Balaban J connectivity index is 2.00. The number of carbonyl (C=O) groups excluding carboxylic acids is 2. The maximum atomic E-state index is 12.1. The van der Waals surface area contributed by atoms with Crippen molar-refractivity contribution in [2.75, 3.05) is 7.05 Å². The first-order valence-electron chi connectivity index (χ1n) is 7.48. The van der Waals surface area contributed by atoms with Gasteiger partial charge < -0.3 is 5.32 Å². The van der Waals surface area contributed by atoms with Gasteiger partial charge in [0.1, 0.15) is 0 Å². The molecule has 0 heterocycles. The number of aryl methyl sites for hydroxylation is 1. The van der Waals surface area contributed by atoms with Gasteiger partial charge in [0.15, 0.2) is 0 Å². The Morgan fingerprint density at radius 2 is 1.79 bits per heavy atom. The average Bonchev–Trinajstić information content (AvgIpc) is 2.61. The summed E-state index contributed by atoms with van der Waals surface area (Å²) in [5, 5.41) is 6.45. The first-order valence-corrected chi connectivity index (χ1v) is 7.48. The second-order valence-corrected chi connectivity index (χ2v) is 5.18. The maximum Gasteiger partial charge on any atom is 0.271 e. The van der Waals surface area contributed by atoms with E-state index in [4.69, 9.17) is 0 Å². The number of nitrogens with one attached hydrogen (secondary N) is 2. The Bertz CT molecular complexity index is 777. The summed E-state index contributed by atoms with van der Waals surface area (Å²) >= 11 is 0. The number of rotatable bonds is 5. The van der Waals surface area contributed by atoms with Gasteiger partial charge in [0.2, 0.25) is 5.91 Å². The summed E-state index contributed by atoms with van der Waals surface area (Å²) in [6, 6.07) is 14.7. The SMILES string of the molecule is CNC(=O)/C=C/c1cccc(C(=O)N/N=C/c2ccc(C)cc2)c1.